The van der Waals surface area contributed by atoms with E-state index in [1.54, 1.807) is 21.3 Å². The van der Waals surface area contributed by atoms with Gasteiger partial charge in [-0.3, -0.25) is 4.79 Å². The summed E-state index contributed by atoms with van der Waals surface area (Å²) in [6.45, 7) is 4.96. The highest BCUT2D eigenvalue weighted by molar-refractivity contribution is 7.89. The molecular formula is C19H28N2O3S. The Hall–Kier alpha value is -1.40. The van der Waals surface area contributed by atoms with Crippen LogP contribution in [0.1, 0.15) is 57.4 Å². The van der Waals surface area contributed by atoms with Crippen LogP contribution < -0.4 is 4.90 Å². The zero-order chi connectivity index (χ0) is 18.0. The van der Waals surface area contributed by atoms with Crippen LogP contribution in [0, 0.1) is 6.92 Å². The Labute approximate surface area is 151 Å². The lowest BCUT2D eigenvalue weighted by molar-refractivity contribution is -0.117. The number of benzene rings is 1. The van der Waals surface area contributed by atoms with Gasteiger partial charge in [0.2, 0.25) is 15.9 Å². The second-order valence-corrected chi connectivity index (χ2v) is 8.96. The lowest BCUT2D eigenvalue weighted by Crippen LogP contribution is -2.41. The van der Waals surface area contributed by atoms with Gasteiger partial charge in [-0.1, -0.05) is 26.2 Å². The quantitative estimate of drug-likeness (QED) is 0.804. The number of carbonyl (C=O) groups excluding carboxylic acids is 1. The van der Waals surface area contributed by atoms with Crippen molar-refractivity contribution in [3.63, 3.8) is 0 Å². The Balaban J connectivity index is 1.89. The molecule has 3 rings (SSSR count). The molecular weight excluding hydrogens is 336 g/mol. The average molecular weight is 365 g/mol. The van der Waals surface area contributed by atoms with Crippen LogP contribution in [0.4, 0.5) is 5.69 Å². The normalized spacial score (nSPS) is 19.8. The number of sulfonamides is 1. The molecule has 2 fully saturated rings. The van der Waals surface area contributed by atoms with Crippen molar-refractivity contribution in [3.05, 3.63) is 23.8 Å². The number of hydrogen-bond donors (Lipinski definition) is 0. The van der Waals surface area contributed by atoms with E-state index >= 15 is 0 Å². The van der Waals surface area contributed by atoms with E-state index in [4.69, 9.17) is 0 Å². The van der Waals surface area contributed by atoms with Crippen molar-refractivity contribution in [1.82, 2.24) is 4.31 Å². The van der Waals surface area contributed by atoms with Gasteiger partial charge < -0.3 is 4.90 Å². The van der Waals surface area contributed by atoms with Gasteiger partial charge in [0.1, 0.15) is 0 Å². The third-order valence-corrected chi connectivity index (χ3v) is 7.61. The van der Waals surface area contributed by atoms with Crippen molar-refractivity contribution in [3.8, 4) is 0 Å². The van der Waals surface area contributed by atoms with E-state index in [-0.39, 0.29) is 11.9 Å². The molecule has 138 valence electrons. The molecule has 0 radical (unpaired) electrons. The van der Waals surface area contributed by atoms with E-state index < -0.39 is 10.0 Å². The third-order valence-electron chi connectivity index (χ3n) is 5.42. The first kappa shape index (κ1) is 18.4. The van der Waals surface area contributed by atoms with Crippen molar-refractivity contribution in [2.75, 3.05) is 18.0 Å². The number of aryl methyl sites for hydroxylation is 1. The zero-order valence-electron chi connectivity index (χ0n) is 15.2. The van der Waals surface area contributed by atoms with Gasteiger partial charge in [-0.2, -0.15) is 4.31 Å². The number of anilines is 1. The van der Waals surface area contributed by atoms with Crippen LogP contribution in [-0.2, 0) is 14.8 Å². The van der Waals surface area contributed by atoms with E-state index in [1.165, 1.54) is 6.42 Å². The summed E-state index contributed by atoms with van der Waals surface area (Å²) in [5, 5.41) is 0. The molecule has 25 heavy (non-hydrogen) atoms. The van der Waals surface area contributed by atoms with Crippen LogP contribution in [0.3, 0.4) is 0 Å². The first-order valence-electron chi connectivity index (χ1n) is 9.38. The Morgan fingerprint density at radius 2 is 1.88 bits per heavy atom. The van der Waals surface area contributed by atoms with Gasteiger partial charge in [-0.05, 0) is 49.9 Å². The Kier molecular flexibility index (Phi) is 5.49. The highest BCUT2D eigenvalue weighted by Gasteiger charge is 2.32. The molecule has 0 atom stereocenters. The maximum Gasteiger partial charge on any atom is 0.243 e. The third kappa shape index (κ3) is 3.60. The average Bonchev–Trinajstić information content (AvgIpc) is 3.02. The van der Waals surface area contributed by atoms with Crippen LogP contribution in [0.2, 0.25) is 0 Å². The molecule has 0 aromatic heterocycles. The van der Waals surface area contributed by atoms with E-state index in [9.17, 15) is 13.2 Å². The Morgan fingerprint density at radius 3 is 2.44 bits per heavy atom. The van der Waals surface area contributed by atoms with Crippen LogP contribution in [0.25, 0.3) is 0 Å². The predicted octanol–water partition coefficient (Wildman–Crippen LogP) is 3.47. The van der Waals surface area contributed by atoms with E-state index in [0.717, 1.165) is 37.8 Å². The number of amides is 1. The largest absolute Gasteiger partial charge is 0.312 e. The highest BCUT2D eigenvalue weighted by atomic mass is 32.2. The molecule has 1 aromatic rings. The Bertz CT molecular complexity index is 739. The van der Waals surface area contributed by atoms with Gasteiger partial charge in [0.05, 0.1) is 4.90 Å². The van der Waals surface area contributed by atoms with E-state index in [1.807, 2.05) is 19.9 Å². The predicted molar refractivity (Wildman–Crippen MR) is 99.2 cm³/mol. The minimum absolute atomic E-state index is 0.114. The summed E-state index contributed by atoms with van der Waals surface area (Å²) >= 11 is 0. The lowest BCUT2D eigenvalue weighted by Gasteiger charge is -2.33. The molecule has 1 heterocycles. The minimum atomic E-state index is -3.51. The summed E-state index contributed by atoms with van der Waals surface area (Å²) < 4.78 is 28.1. The second-order valence-electron chi connectivity index (χ2n) is 7.10. The van der Waals surface area contributed by atoms with Crippen molar-refractivity contribution in [1.29, 1.82) is 0 Å². The van der Waals surface area contributed by atoms with Gasteiger partial charge in [0, 0.05) is 31.2 Å². The van der Waals surface area contributed by atoms with Gasteiger partial charge in [0.25, 0.3) is 0 Å². The maximum absolute atomic E-state index is 13.2. The molecule has 0 spiro atoms. The SMILES string of the molecule is CCN(C1CCCCC1)S(=O)(=O)c1ccc(N2CCCC2=O)cc1C. The molecule has 5 nitrogen and oxygen atoms in total. The van der Waals surface area contributed by atoms with E-state index in [0.29, 0.717) is 30.0 Å². The van der Waals surface area contributed by atoms with Crippen LogP contribution in [0.15, 0.2) is 23.1 Å². The summed E-state index contributed by atoms with van der Waals surface area (Å²) in [6, 6.07) is 5.41. The molecule has 0 unspecified atom stereocenters. The first-order chi connectivity index (χ1) is 11.9. The van der Waals surface area contributed by atoms with E-state index in [2.05, 4.69) is 0 Å². The van der Waals surface area contributed by atoms with Crippen LogP contribution >= 0.6 is 0 Å². The smallest absolute Gasteiger partial charge is 0.243 e. The van der Waals surface area contributed by atoms with Gasteiger partial charge in [-0.25, -0.2) is 8.42 Å². The molecule has 2 aliphatic rings. The minimum Gasteiger partial charge on any atom is -0.312 e. The van der Waals surface area contributed by atoms with Crippen molar-refractivity contribution >= 4 is 21.6 Å². The molecule has 1 aliphatic heterocycles. The van der Waals surface area contributed by atoms with Gasteiger partial charge in [0.15, 0.2) is 0 Å². The molecule has 1 saturated carbocycles. The molecule has 1 aromatic carbocycles. The molecule has 1 amide bonds. The fourth-order valence-electron chi connectivity index (χ4n) is 4.13. The topological polar surface area (TPSA) is 57.7 Å². The summed E-state index contributed by atoms with van der Waals surface area (Å²) in [5.41, 5.74) is 1.52. The lowest BCUT2D eigenvalue weighted by atomic mass is 9.95. The fourth-order valence-corrected chi connectivity index (χ4v) is 6.03. The number of hydrogen-bond acceptors (Lipinski definition) is 3. The van der Waals surface area contributed by atoms with Crippen molar-refractivity contribution in [2.45, 2.75) is 69.7 Å². The molecule has 0 N–H and O–H groups in total. The maximum atomic E-state index is 13.2. The summed E-state index contributed by atoms with van der Waals surface area (Å²) in [6.07, 6.45) is 6.75. The first-order valence-corrected chi connectivity index (χ1v) is 10.8. The molecule has 0 bridgehead atoms. The van der Waals surface area contributed by atoms with Crippen LogP contribution in [0.5, 0.6) is 0 Å². The standard InChI is InChI=1S/C19H28N2O3S/c1-3-21(16-8-5-4-6-9-16)25(23,24)18-12-11-17(14-15(18)2)20-13-7-10-19(20)22/h11-12,14,16H,3-10,13H2,1-2H3. The zero-order valence-corrected chi connectivity index (χ0v) is 16.0. The van der Waals surface area contributed by atoms with Crippen molar-refractivity contribution < 1.29 is 13.2 Å². The number of carbonyl (C=O) groups is 1. The number of nitrogens with zero attached hydrogens (tertiary/aromatic N) is 2. The molecule has 1 aliphatic carbocycles. The summed E-state index contributed by atoms with van der Waals surface area (Å²) in [7, 11) is -3.51. The monoisotopic (exact) mass is 364 g/mol. The van der Waals surface area contributed by atoms with Gasteiger partial charge >= 0.3 is 0 Å². The summed E-state index contributed by atoms with van der Waals surface area (Å²) in [4.78, 5) is 14.1. The van der Waals surface area contributed by atoms with Crippen LogP contribution in [-0.4, -0.2) is 37.8 Å². The summed E-state index contributed by atoms with van der Waals surface area (Å²) in [5.74, 6) is 0.118. The number of rotatable bonds is 5. The molecule has 1 saturated heterocycles. The fraction of sp³-hybridized carbons (Fsp3) is 0.632. The second kappa shape index (κ2) is 7.46. The van der Waals surface area contributed by atoms with Gasteiger partial charge in [-0.15, -0.1) is 0 Å². The van der Waals surface area contributed by atoms with Crippen molar-refractivity contribution in [2.24, 2.45) is 0 Å². The Morgan fingerprint density at radius 1 is 1.16 bits per heavy atom. The highest BCUT2D eigenvalue weighted by Crippen LogP contribution is 2.31. The molecule has 6 heteroatoms.